The Morgan fingerprint density at radius 2 is 1.97 bits per heavy atom. The first-order chi connectivity index (χ1) is 16.4. The fourth-order valence-corrected chi connectivity index (χ4v) is 5.82. The molecule has 6 heteroatoms. The molecular formula is C28H30N2O4. The molecule has 0 saturated heterocycles. The number of nitrogens with zero attached hydrogens (tertiary/aromatic N) is 2. The summed E-state index contributed by atoms with van der Waals surface area (Å²) in [6.07, 6.45) is 7.42. The molecule has 0 amide bonds. The first kappa shape index (κ1) is 22.4. The molecule has 6 rings (SSSR count). The van der Waals surface area contributed by atoms with Crippen LogP contribution in [0.25, 0.3) is 0 Å². The van der Waals surface area contributed by atoms with Crippen LogP contribution in [0.2, 0.25) is 0 Å². The Balaban J connectivity index is 0.000000764. The highest BCUT2D eigenvalue weighted by molar-refractivity contribution is 5.51. The maximum atomic E-state index is 8.36. The average molecular weight is 459 g/mol. The molecular weight excluding hydrogens is 428 g/mol. The van der Waals surface area contributed by atoms with Crippen molar-refractivity contribution in [2.75, 3.05) is 7.11 Å². The fourth-order valence-electron chi connectivity index (χ4n) is 5.82. The van der Waals surface area contributed by atoms with Crippen molar-refractivity contribution in [2.24, 2.45) is 5.92 Å². The van der Waals surface area contributed by atoms with Crippen molar-refractivity contribution in [2.45, 2.75) is 57.0 Å². The third-order valence-electron chi connectivity index (χ3n) is 7.49. The van der Waals surface area contributed by atoms with Crippen molar-refractivity contribution in [1.82, 2.24) is 9.97 Å². The number of pyridine rings is 2. The lowest BCUT2D eigenvalue weighted by Gasteiger charge is -2.19. The number of carbonyl (C=O) groups is 1. The summed E-state index contributed by atoms with van der Waals surface area (Å²) in [5.41, 5.74) is 8.10. The summed E-state index contributed by atoms with van der Waals surface area (Å²) in [6, 6.07) is 13.1. The minimum Gasteiger partial charge on any atom is -0.483 e. The van der Waals surface area contributed by atoms with Crippen LogP contribution in [0.5, 0.6) is 11.8 Å². The quantitative estimate of drug-likeness (QED) is 0.527. The lowest BCUT2D eigenvalue weighted by molar-refractivity contribution is -0.122. The van der Waals surface area contributed by atoms with Gasteiger partial charge in [0.05, 0.1) is 7.11 Å². The topological polar surface area (TPSA) is 81.5 Å². The SMILES string of the molecule is COc1ncccc1C1CC(C)(C)c2ccc(COc3cc4c(cn3)C3CC3C4)cc21.O=CO. The molecule has 1 fully saturated rings. The number of hydrogen-bond acceptors (Lipinski definition) is 5. The summed E-state index contributed by atoms with van der Waals surface area (Å²) in [6.45, 7) is 4.93. The second-order valence-electron chi connectivity index (χ2n) is 10.1. The molecule has 0 spiro atoms. The highest BCUT2D eigenvalue weighted by atomic mass is 16.5. The van der Waals surface area contributed by atoms with Crippen LogP contribution in [0, 0.1) is 5.92 Å². The molecule has 3 unspecified atom stereocenters. The lowest BCUT2D eigenvalue weighted by Crippen LogP contribution is -2.12. The summed E-state index contributed by atoms with van der Waals surface area (Å²) in [5.74, 6) is 3.38. The number of methoxy groups -OCH3 is 1. The molecule has 6 nitrogen and oxygen atoms in total. The van der Waals surface area contributed by atoms with E-state index in [-0.39, 0.29) is 17.8 Å². The zero-order valence-corrected chi connectivity index (χ0v) is 19.8. The molecule has 1 aromatic carbocycles. The Labute approximate surface area is 200 Å². The van der Waals surface area contributed by atoms with E-state index in [2.05, 4.69) is 54.1 Å². The zero-order valence-electron chi connectivity index (χ0n) is 19.8. The predicted molar refractivity (Wildman–Crippen MR) is 129 cm³/mol. The number of carboxylic acid groups (broad SMARTS) is 1. The Hall–Kier alpha value is -3.41. The second kappa shape index (κ2) is 8.75. The van der Waals surface area contributed by atoms with Gasteiger partial charge >= 0.3 is 0 Å². The van der Waals surface area contributed by atoms with Gasteiger partial charge in [0.2, 0.25) is 11.8 Å². The molecule has 1 N–H and O–H groups in total. The van der Waals surface area contributed by atoms with Crippen LogP contribution in [0.4, 0.5) is 0 Å². The molecule has 3 aromatic rings. The standard InChI is InChI=1S/C27H28N2O2.CH2O2/c1-27(2)13-22(19-5-4-8-28-26(19)30-3)21-9-16(6-7-24(21)27)15-31-25-12-18-10-17-11-20(17)23(18)14-29-25;2-1-3/h4-9,12,14,17,20,22H,10-11,13,15H2,1-3H3;1H,(H,2,3). The second-order valence-corrected chi connectivity index (χ2v) is 10.1. The number of hydrogen-bond donors (Lipinski definition) is 1. The van der Waals surface area contributed by atoms with Gasteiger partial charge in [-0.3, -0.25) is 4.79 Å². The molecule has 2 aromatic heterocycles. The van der Waals surface area contributed by atoms with Crippen LogP contribution < -0.4 is 9.47 Å². The highest BCUT2D eigenvalue weighted by Crippen LogP contribution is 2.56. The molecule has 2 heterocycles. The number of rotatable bonds is 5. The Morgan fingerprint density at radius 1 is 1.15 bits per heavy atom. The number of ether oxygens (including phenoxy) is 2. The Morgan fingerprint density at radius 3 is 2.76 bits per heavy atom. The van der Waals surface area contributed by atoms with E-state index in [9.17, 15) is 0 Å². The van der Waals surface area contributed by atoms with Gasteiger partial charge in [-0.15, -0.1) is 0 Å². The van der Waals surface area contributed by atoms with Gasteiger partial charge in [-0.25, -0.2) is 9.97 Å². The lowest BCUT2D eigenvalue weighted by atomic mass is 9.85. The van der Waals surface area contributed by atoms with Gasteiger partial charge in [0.1, 0.15) is 6.61 Å². The van der Waals surface area contributed by atoms with Crippen molar-refractivity contribution < 1.29 is 19.4 Å². The van der Waals surface area contributed by atoms with Gasteiger partial charge in [-0.1, -0.05) is 38.1 Å². The van der Waals surface area contributed by atoms with Gasteiger partial charge in [0, 0.05) is 29.9 Å². The van der Waals surface area contributed by atoms with Gasteiger partial charge < -0.3 is 14.6 Å². The first-order valence-corrected chi connectivity index (χ1v) is 11.8. The van der Waals surface area contributed by atoms with Crippen LogP contribution >= 0.6 is 0 Å². The molecule has 0 radical (unpaired) electrons. The van der Waals surface area contributed by atoms with Crippen molar-refractivity contribution in [3.8, 4) is 11.8 Å². The molecule has 34 heavy (non-hydrogen) atoms. The molecule has 3 aliphatic rings. The molecule has 0 aliphatic heterocycles. The van der Waals surface area contributed by atoms with E-state index in [1.165, 1.54) is 40.7 Å². The summed E-state index contributed by atoms with van der Waals surface area (Å²) in [7, 11) is 1.70. The summed E-state index contributed by atoms with van der Waals surface area (Å²) >= 11 is 0. The van der Waals surface area contributed by atoms with Crippen molar-refractivity contribution >= 4 is 6.47 Å². The normalized spacial score (nSPS) is 22.5. The maximum absolute atomic E-state index is 8.36. The van der Waals surface area contributed by atoms with Crippen LogP contribution in [0.1, 0.15) is 71.9 Å². The third kappa shape index (κ3) is 4.02. The van der Waals surface area contributed by atoms with E-state index in [4.69, 9.17) is 19.4 Å². The van der Waals surface area contributed by atoms with Crippen LogP contribution in [0.3, 0.4) is 0 Å². The van der Waals surface area contributed by atoms with Gasteiger partial charge in [-0.2, -0.15) is 0 Å². The largest absolute Gasteiger partial charge is 0.483 e. The minimum absolute atomic E-state index is 0.114. The van der Waals surface area contributed by atoms with E-state index < -0.39 is 0 Å². The number of benzene rings is 1. The summed E-state index contributed by atoms with van der Waals surface area (Å²) in [5, 5.41) is 6.89. The van der Waals surface area contributed by atoms with E-state index in [1.807, 2.05) is 12.3 Å². The van der Waals surface area contributed by atoms with E-state index in [0.717, 1.165) is 35.6 Å². The van der Waals surface area contributed by atoms with Crippen LogP contribution in [-0.4, -0.2) is 28.7 Å². The van der Waals surface area contributed by atoms with Crippen LogP contribution in [-0.2, 0) is 23.2 Å². The minimum atomic E-state index is -0.250. The number of fused-ring (bicyclic) bond motifs is 4. The van der Waals surface area contributed by atoms with E-state index >= 15 is 0 Å². The maximum Gasteiger partial charge on any atom is 0.290 e. The van der Waals surface area contributed by atoms with E-state index in [1.54, 1.807) is 13.3 Å². The Kier molecular flexibility index (Phi) is 5.76. The smallest absolute Gasteiger partial charge is 0.290 e. The van der Waals surface area contributed by atoms with Crippen LogP contribution in [0.15, 0.2) is 48.8 Å². The van der Waals surface area contributed by atoms with Crippen molar-refractivity contribution in [3.63, 3.8) is 0 Å². The number of aromatic nitrogens is 2. The monoisotopic (exact) mass is 458 g/mol. The van der Waals surface area contributed by atoms with Gasteiger partial charge in [0.15, 0.2) is 0 Å². The first-order valence-electron chi connectivity index (χ1n) is 11.8. The summed E-state index contributed by atoms with van der Waals surface area (Å²) in [4.78, 5) is 17.4. The third-order valence-corrected chi connectivity index (χ3v) is 7.49. The average Bonchev–Trinajstić information content (AvgIpc) is 3.43. The van der Waals surface area contributed by atoms with E-state index in [0.29, 0.717) is 6.61 Å². The zero-order chi connectivity index (χ0) is 23.9. The van der Waals surface area contributed by atoms with Gasteiger partial charge in [0.25, 0.3) is 6.47 Å². The molecule has 3 aliphatic carbocycles. The van der Waals surface area contributed by atoms with Crippen molar-refractivity contribution in [3.05, 3.63) is 82.2 Å². The molecule has 1 saturated carbocycles. The molecule has 176 valence electrons. The fraction of sp³-hybridized carbons (Fsp3) is 0.393. The summed E-state index contributed by atoms with van der Waals surface area (Å²) < 4.78 is 11.7. The highest BCUT2D eigenvalue weighted by Gasteiger charge is 2.45. The predicted octanol–water partition coefficient (Wildman–Crippen LogP) is 5.24. The van der Waals surface area contributed by atoms with Crippen molar-refractivity contribution in [1.29, 1.82) is 0 Å². The molecule has 3 atom stereocenters. The Bertz CT molecular complexity index is 1220. The molecule has 0 bridgehead atoms. The van der Waals surface area contributed by atoms with Gasteiger partial charge in [-0.05, 0) is 70.4 Å².